The topological polar surface area (TPSA) is 50.9 Å². The van der Waals surface area contributed by atoms with E-state index < -0.39 is 0 Å². The first-order chi connectivity index (χ1) is 8.31. The fourth-order valence-corrected chi connectivity index (χ4v) is 3.35. The van der Waals surface area contributed by atoms with E-state index in [0.717, 1.165) is 24.9 Å². The van der Waals surface area contributed by atoms with Crippen molar-refractivity contribution in [2.24, 2.45) is 5.73 Å². The molecule has 1 aromatic carbocycles. The van der Waals surface area contributed by atoms with Crippen LogP contribution < -0.4 is 11.1 Å². The van der Waals surface area contributed by atoms with Gasteiger partial charge in [-0.15, -0.1) is 11.3 Å². The largest absolute Gasteiger partial charge is 0.328 e. The minimum Gasteiger partial charge on any atom is -0.328 e. The molecule has 0 saturated heterocycles. The Labute approximate surface area is 105 Å². The summed E-state index contributed by atoms with van der Waals surface area (Å²) < 4.78 is 1.27. The Morgan fingerprint density at radius 3 is 3.00 bits per heavy atom. The van der Waals surface area contributed by atoms with Crippen LogP contribution in [0, 0.1) is 0 Å². The molecule has 1 heterocycles. The number of thiazole rings is 1. The first-order valence-electron chi connectivity index (χ1n) is 6.14. The summed E-state index contributed by atoms with van der Waals surface area (Å²) in [6, 6.07) is 9.27. The lowest BCUT2D eigenvalue weighted by Gasteiger charge is -2.10. The van der Waals surface area contributed by atoms with Gasteiger partial charge in [0.05, 0.1) is 10.2 Å². The molecule has 2 unspecified atom stereocenters. The second-order valence-corrected chi connectivity index (χ2v) is 5.84. The van der Waals surface area contributed by atoms with Crippen LogP contribution in [0.4, 0.5) is 0 Å². The van der Waals surface area contributed by atoms with Gasteiger partial charge in [0, 0.05) is 18.6 Å². The Balaban J connectivity index is 1.65. The fraction of sp³-hybridized carbons (Fsp3) is 0.462. The summed E-state index contributed by atoms with van der Waals surface area (Å²) in [5.41, 5.74) is 7.01. The highest BCUT2D eigenvalue weighted by Crippen LogP contribution is 2.22. The molecule has 4 heteroatoms. The number of nitrogens with one attached hydrogen (secondary N) is 1. The van der Waals surface area contributed by atoms with E-state index >= 15 is 0 Å². The zero-order chi connectivity index (χ0) is 11.7. The highest BCUT2D eigenvalue weighted by atomic mass is 32.1. The van der Waals surface area contributed by atoms with Gasteiger partial charge in [0.25, 0.3) is 0 Å². The first kappa shape index (κ1) is 11.1. The second kappa shape index (κ2) is 4.72. The molecule has 1 aliphatic rings. The molecule has 0 aliphatic heterocycles. The summed E-state index contributed by atoms with van der Waals surface area (Å²) in [6.07, 6.45) is 3.45. The minimum atomic E-state index is 0.392. The average Bonchev–Trinajstić information content (AvgIpc) is 2.91. The third-order valence-corrected chi connectivity index (χ3v) is 4.39. The minimum absolute atomic E-state index is 0.392. The predicted octanol–water partition coefficient (Wildman–Crippen LogP) is 2.27. The van der Waals surface area contributed by atoms with E-state index in [9.17, 15) is 0 Å². The van der Waals surface area contributed by atoms with E-state index in [4.69, 9.17) is 5.73 Å². The number of aromatic nitrogens is 1. The molecule has 3 nitrogen and oxygen atoms in total. The van der Waals surface area contributed by atoms with Crippen molar-refractivity contribution in [2.75, 3.05) is 0 Å². The van der Waals surface area contributed by atoms with Gasteiger partial charge in [-0.25, -0.2) is 4.98 Å². The molecule has 0 radical (unpaired) electrons. The number of hydrogen-bond acceptors (Lipinski definition) is 4. The number of nitrogens with two attached hydrogens (primary N) is 1. The van der Waals surface area contributed by atoms with Crippen LogP contribution in [0.2, 0.25) is 0 Å². The normalized spacial score (nSPS) is 24.5. The molecule has 17 heavy (non-hydrogen) atoms. The maximum Gasteiger partial charge on any atom is 0.108 e. The van der Waals surface area contributed by atoms with Gasteiger partial charge >= 0.3 is 0 Å². The Morgan fingerprint density at radius 2 is 2.24 bits per heavy atom. The molecule has 90 valence electrons. The summed E-state index contributed by atoms with van der Waals surface area (Å²) >= 11 is 1.78. The van der Waals surface area contributed by atoms with Gasteiger partial charge in [-0.2, -0.15) is 0 Å². The molecule has 1 aliphatic carbocycles. The fourth-order valence-electron chi connectivity index (χ4n) is 2.43. The van der Waals surface area contributed by atoms with E-state index in [1.165, 1.54) is 16.1 Å². The van der Waals surface area contributed by atoms with Crippen molar-refractivity contribution in [3.63, 3.8) is 0 Å². The van der Waals surface area contributed by atoms with Gasteiger partial charge in [0.2, 0.25) is 0 Å². The van der Waals surface area contributed by atoms with E-state index in [2.05, 4.69) is 28.5 Å². The van der Waals surface area contributed by atoms with Crippen LogP contribution in [0.15, 0.2) is 24.3 Å². The highest BCUT2D eigenvalue weighted by Gasteiger charge is 2.21. The molecule has 1 aromatic heterocycles. The van der Waals surface area contributed by atoms with Crippen LogP contribution >= 0.6 is 11.3 Å². The zero-order valence-electron chi connectivity index (χ0n) is 9.73. The molecule has 2 atom stereocenters. The molecule has 2 aromatic rings. The lowest BCUT2D eigenvalue weighted by Crippen LogP contribution is -2.27. The Hall–Kier alpha value is -0.970. The number of para-hydroxylation sites is 1. The zero-order valence-corrected chi connectivity index (χ0v) is 10.5. The number of rotatable bonds is 3. The molecule has 3 rings (SSSR count). The van der Waals surface area contributed by atoms with E-state index in [0.29, 0.717) is 12.1 Å². The number of hydrogen-bond donors (Lipinski definition) is 2. The van der Waals surface area contributed by atoms with E-state index in [1.54, 1.807) is 11.3 Å². The van der Waals surface area contributed by atoms with Crippen LogP contribution in [-0.4, -0.2) is 17.1 Å². The molecule has 0 bridgehead atoms. The van der Waals surface area contributed by atoms with Crippen molar-refractivity contribution in [3.05, 3.63) is 29.3 Å². The molecular formula is C13H17N3S. The third-order valence-electron chi connectivity index (χ3n) is 3.35. The summed E-state index contributed by atoms with van der Waals surface area (Å²) in [6.45, 7) is 0.872. The number of benzene rings is 1. The van der Waals surface area contributed by atoms with Crippen molar-refractivity contribution in [1.82, 2.24) is 10.3 Å². The average molecular weight is 247 g/mol. The molecular weight excluding hydrogens is 230 g/mol. The standard InChI is InChI=1S/C13H17N3S/c14-9-5-6-10(7-9)15-8-13-16-11-3-1-2-4-12(11)17-13/h1-4,9-10,15H,5-8,14H2. The lowest BCUT2D eigenvalue weighted by molar-refractivity contribution is 0.516. The van der Waals surface area contributed by atoms with Crippen molar-refractivity contribution in [2.45, 2.75) is 37.9 Å². The smallest absolute Gasteiger partial charge is 0.108 e. The lowest BCUT2D eigenvalue weighted by atomic mass is 10.2. The van der Waals surface area contributed by atoms with Gasteiger partial charge in [-0.05, 0) is 31.4 Å². The summed E-state index contributed by atoms with van der Waals surface area (Å²) in [5, 5.41) is 4.73. The monoisotopic (exact) mass is 247 g/mol. The maximum atomic E-state index is 5.90. The van der Waals surface area contributed by atoms with Gasteiger partial charge in [-0.3, -0.25) is 0 Å². The summed E-state index contributed by atoms with van der Waals surface area (Å²) in [4.78, 5) is 4.62. The molecule has 3 N–H and O–H groups in total. The number of fused-ring (bicyclic) bond motifs is 1. The molecule has 1 fully saturated rings. The van der Waals surface area contributed by atoms with Crippen LogP contribution in [0.3, 0.4) is 0 Å². The SMILES string of the molecule is NC1CCC(NCc2nc3ccccc3s2)C1. The molecule has 0 spiro atoms. The van der Waals surface area contributed by atoms with Gasteiger partial charge < -0.3 is 11.1 Å². The van der Waals surface area contributed by atoms with Crippen molar-refractivity contribution < 1.29 is 0 Å². The molecule has 0 amide bonds. The van der Waals surface area contributed by atoms with Crippen molar-refractivity contribution in [1.29, 1.82) is 0 Å². The second-order valence-electron chi connectivity index (χ2n) is 4.73. The van der Waals surface area contributed by atoms with Crippen LogP contribution in [0.25, 0.3) is 10.2 Å². The van der Waals surface area contributed by atoms with Crippen molar-refractivity contribution >= 4 is 21.6 Å². The summed E-state index contributed by atoms with van der Waals surface area (Å²) in [5.74, 6) is 0. The van der Waals surface area contributed by atoms with Crippen molar-refractivity contribution in [3.8, 4) is 0 Å². The Kier molecular flexibility index (Phi) is 3.09. The quantitative estimate of drug-likeness (QED) is 0.874. The Bertz CT molecular complexity index is 475. The maximum absolute atomic E-state index is 5.90. The van der Waals surface area contributed by atoms with Crippen LogP contribution in [0.5, 0.6) is 0 Å². The van der Waals surface area contributed by atoms with E-state index in [1.807, 2.05) is 6.07 Å². The Morgan fingerprint density at radius 1 is 1.35 bits per heavy atom. The van der Waals surface area contributed by atoms with E-state index in [-0.39, 0.29) is 0 Å². The number of nitrogens with zero attached hydrogens (tertiary/aromatic N) is 1. The summed E-state index contributed by atoms with van der Waals surface area (Å²) in [7, 11) is 0. The van der Waals surface area contributed by atoms with Gasteiger partial charge in [-0.1, -0.05) is 12.1 Å². The van der Waals surface area contributed by atoms with Gasteiger partial charge in [0.15, 0.2) is 0 Å². The highest BCUT2D eigenvalue weighted by molar-refractivity contribution is 7.18. The first-order valence-corrected chi connectivity index (χ1v) is 6.96. The predicted molar refractivity (Wildman–Crippen MR) is 72.1 cm³/mol. The molecule has 1 saturated carbocycles. The van der Waals surface area contributed by atoms with Gasteiger partial charge in [0.1, 0.15) is 5.01 Å². The van der Waals surface area contributed by atoms with Crippen LogP contribution in [0.1, 0.15) is 24.3 Å². The van der Waals surface area contributed by atoms with Crippen LogP contribution in [-0.2, 0) is 6.54 Å². The third kappa shape index (κ3) is 2.49.